The summed E-state index contributed by atoms with van der Waals surface area (Å²) in [5.74, 6) is 0.685. The number of aryl methyl sites for hydroxylation is 2. The largest absolute Gasteiger partial charge is 0.275 e. The number of thiazole rings is 1. The van der Waals surface area contributed by atoms with E-state index in [1.165, 1.54) is 0 Å². The van der Waals surface area contributed by atoms with Crippen molar-refractivity contribution >= 4 is 55.9 Å². The highest BCUT2D eigenvalue weighted by atomic mass is 79.9. The predicted molar refractivity (Wildman–Crippen MR) is 101 cm³/mol. The molecule has 0 fully saturated rings. The van der Waals surface area contributed by atoms with E-state index >= 15 is 0 Å². The molecule has 0 amide bonds. The van der Waals surface area contributed by atoms with Crippen LogP contribution in [0.5, 0.6) is 0 Å². The molecular weight excluding hydrogens is 392 g/mol. The van der Waals surface area contributed by atoms with Gasteiger partial charge in [0.2, 0.25) is 5.78 Å². The molecule has 3 heterocycles. The Hall–Kier alpha value is -1.44. The monoisotopic (exact) mass is 404 g/mol. The lowest BCUT2D eigenvalue weighted by molar-refractivity contribution is 0.993. The fraction of sp³-hybridized carbons (Fsp3) is 0.188. The van der Waals surface area contributed by atoms with Gasteiger partial charge in [-0.15, -0.1) is 11.3 Å². The van der Waals surface area contributed by atoms with Crippen LogP contribution in [0.2, 0.25) is 0 Å². The number of fused-ring (bicyclic) bond motifs is 2. The van der Waals surface area contributed by atoms with Crippen LogP contribution < -0.4 is 0 Å². The van der Waals surface area contributed by atoms with Gasteiger partial charge in [0.05, 0.1) is 21.2 Å². The van der Waals surface area contributed by atoms with Crippen molar-refractivity contribution < 1.29 is 0 Å². The second kappa shape index (κ2) is 5.58. The van der Waals surface area contributed by atoms with Gasteiger partial charge < -0.3 is 0 Å². The first kappa shape index (κ1) is 15.1. The smallest absolute Gasteiger partial charge is 0.235 e. The van der Waals surface area contributed by atoms with E-state index in [1.807, 2.05) is 42.5 Å². The van der Waals surface area contributed by atoms with Gasteiger partial charge in [-0.1, -0.05) is 12.1 Å². The van der Waals surface area contributed by atoms with Crippen molar-refractivity contribution in [3.63, 3.8) is 0 Å². The van der Waals surface area contributed by atoms with Crippen LogP contribution in [0.25, 0.3) is 16.0 Å². The summed E-state index contributed by atoms with van der Waals surface area (Å²) in [6, 6.07) is 10.1. The molecule has 0 radical (unpaired) electrons. The maximum atomic E-state index is 4.77. The second-order valence-electron chi connectivity index (χ2n) is 5.38. The lowest BCUT2D eigenvalue weighted by atomic mass is 10.3. The highest BCUT2D eigenvalue weighted by Gasteiger charge is 2.23. The van der Waals surface area contributed by atoms with Crippen molar-refractivity contribution in [2.24, 2.45) is 0 Å². The van der Waals surface area contributed by atoms with E-state index in [-0.39, 0.29) is 5.25 Å². The Kier molecular flexibility index (Phi) is 3.66. The van der Waals surface area contributed by atoms with E-state index < -0.39 is 0 Å². The molecule has 0 aliphatic heterocycles. The predicted octanol–water partition coefficient (Wildman–Crippen LogP) is 4.74. The molecule has 4 aromatic rings. The summed E-state index contributed by atoms with van der Waals surface area (Å²) < 4.78 is 4.04. The molecule has 0 aliphatic rings. The first-order valence-corrected chi connectivity index (χ1v) is 9.23. The Bertz CT molecular complexity index is 1000. The zero-order valence-corrected chi connectivity index (χ0v) is 15.8. The topological polar surface area (TPSA) is 43.1 Å². The first-order valence-electron chi connectivity index (χ1n) is 7.10. The number of thiol groups is 1. The van der Waals surface area contributed by atoms with E-state index in [4.69, 9.17) is 17.6 Å². The third-order valence-electron chi connectivity index (χ3n) is 3.68. The highest BCUT2D eigenvalue weighted by molar-refractivity contribution is 9.10. The van der Waals surface area contributed by atoms with Gasteiger partial charge in [0.1, 0.15) is 9.61 Å². The summed E-state index contributed by atoms with van der Waals surface area (Å²) in [5.41, 5.74) is 3.88. The van der Waals surface area contributed by atoms with Crippen molar-refractivity contribution in [3.05, 3.63) is 57.0 Å². The number of para-hydroxylation sites is 1. The molecule has 3 aromatic heterocycles. The quantitative estimate of drug-likeness (QED) is 0.490. The van der Waals surface area contributed by atoms with Gasteiger partial charge in [0, 0.05) is 11.4 Å². The molecular formula is C16H13BrN4S2. The second-order valence-corrected chi connectivity index (χ2v) is 7.71. The summed E-state index contributed by atoms with van der Waals surface area (Å²) in [6.07, 6.45) is 0. The molecule has 0 spiro atoms. The number of imidazole rings is 1. The van der Waals surface area contributed by atoms with Crippen molar-refractivity contribution in [3.8, 4) is 0 Å². The Morgan fingerprint density at radius 2 is 1.96 bits per heavy atom. The number of halogens is 1. The van der Waals surface area contributed by atoms with Gasteiger partial charge in [0.15, 0.2) is 0 Å². The van der Waals surface area contributed by atoms with Crippen molar-refractivity contribution in [2.45, 2.75) is 19.1 Å². The van der Waals surface area contributed by atoms with Crippen LogP contribution in [0.15, 0.2) is 34.9 Å². The van der Waals surface area contributed by atoms with Gasteiger partial charge in [-0.3, -0.25) is 4.40 Å². The first-order chi connectivity index (χ1) is 11.0. The molecule has 0 bridgehead atoms. The number of benzene rings is 1. The minimum absolute atomic E-state index is 0.191. The van der Waals surface area contributed by atoms with Crippen LogP contribution in [0.3, 0.4) is 0 Å². The number of aromatic nitrogens is 4. The Balaban J connectivity index is 1.87. The third-order valence-corrected chi connectivity index (χ3v) is 6.20. The summed E-state index contributed by atoms with van der Waals surface area (Å²) in [5, 5.41) is 0.746. The van der Waals surface area contributed by atoms with Crippen LogP contribution in [0.1, 0.15) is 27.3 Å². The highest BCUT2D eigenvalue weighted by Crippen LogP contribution is 2.37. The molecule has 4 nitrogen and oxygen atoms in total. The lowest BCUT2D eigenvalue weighted by Crippen LogP contribution is -1.96. The van der Waals surface area contributed by atoms with Gasteiger partial charge in [0.25, 0.3) is 0 Å². The molecule has 0 saturated carbocycles. The summed E-state index contributed by atoms with van der Waals surface area (Å²) in [6.45, 7) is 4.02. The average Bonchev–Trinajstić information content (AvgIpc) is 3.08. The SMILES string of the molecule is Cc1cc(C)n2c(Br)c(C(S)c3nc4ccccc4s3)nc2n1. The molecule has 4 rings (SSSR count). The lowest BCUT2D eigenvalue weighted by Gasteiger charge is -2.05. The zero-order chi connectivity index (χ0) is 16.1. The maximum Gasteiger partial charge on any atom is 0.235 e. The number of hydrogen-bond donors (Lipinski definition) is 1. The molecule has 1 unspecified atom stereocenters. The summed E-state index contributed by atoms with van der Waals surface area (Å²) in [4.78, 5) is 13.9. The standard InChI is InChI=1S/C16H13BrN4S2/c1-8-7-9(2)21-14(17)12(20-16(21)18-8)13(22)15-19-10-5-3-4-6-11(10)23-15/h3-7,13,22H,1-2H3. The van der Waals surface area contributed by atoms with E-state index in [1.54, 1.807) is 11.3 Å². The van der Waals surface area contributed by atoms with E-state index in [0.29, 0.717) is 5.78 Å². The van der Waals surface area contributed by atoms with E-state index in [0.717, 1.165) is 36.9 Å². The molecule has 1 atom stereocenters. The Morgan fingerprint density at radius 3 is 2.74 bits per heavy atom. The van der Waals surface area contributed by atoms with Crippen LogP contribution in [-0.4, -0.2) is 19.4 Å². The molecule has 0 N–H and O–H groups in total. The van der Waals surface area contributed by atoms with Crippen LogP contribution in [0, 0.1) is 13.8 Å². The molecule has 0 aliphatic carbocycles. The van der Waals surface area contributed by atoms with Gasteiger partial charge in [-0.25, -0.2) is 15.0 Å². The van der Waals surface area contributed by atoms with Crippen LogP contribution >= 0.6 is 39.9 Å². The third kappa shape index (κ3) is 2.47. The van der Waals surface area contributed by atoms with Gasteiger partial charge >= 0.3 is 0 Å². The van der Waals surface area contributed by atoms with Crippen LogP contribution in [0.4, 0.5) is 0 Å². The number of rotatable bonds is 2. The Morgan fingerprint density at radius 1 is 1.17 bits per heavy atom. The summed E-state index contributed by atoms with van der Waals surface area (Å²) >= 11 is 10.1. The van der Waals surface area contributed by atoms with Crippen molar-refractivity contribution in [1.29, 1.82) is 0 Å². The zero-order valence-electron chi connectivity index (χ0n) is 12.5. The number of hydrogen-bond acceptors (Lipinski definition) is 5. The Labute approximate surface area is 151 Å². The van der Waals surface area contributed by atoms with Crippen LogP contribution in [-0.2, 0) is 0 Å². The maximum absolute atomic E-state index is 4.77. The minimum atomic E-state index is -0.191. The fourth-order valence-corrected chi connectivity index (χ4v) is 4.93. The molecule has 116 valence electrons. The van der Waals surface area contributed by atoms with Crippen molar-refractivity contribution in [1.82, 2.24) is 19.4 Å². The molecule has 1 aromatic carbocycles. The van der Waals surface area contributed by atoms with E-state index in [9.17, 15) is 0 Å². The summed E-state index contributed by atoms with van der Waals surface area (Å²) in [7, 11) is 0. The molecule has 7 heteroatoms. The van der Waals surface area contributed by atoms with E-state index in [2.05, 4.69) is 32.0 Å². The normalized spacial score (nSPS) is 13.0. The average molecular weight is 405 g/mol. The van der Waals surface area contributed by atoms with Gasteiger partial charge in [-0.2, -0.15) is 12.6 Å². The minimum Gasteiger partial charge on any atom is -0.275 e. The molecule has 0 saturated heterocycles. The molecule has 23 heavy (non-hydrogen) atoms. The van der Waals surface area contributed by atoms with Gasteiger partial charge in [-0.05, 0) is 48.0 Å². The van der Waals surface area contributed by atoms with Crippen molar-refractivity contribution in [2.75, 3.05) is 0 Å². The number of nitrogens with zero attached hydrogens (tertiary/aromatic N) is 4. The fourth-order valence-electron chi connectivity index (χ4n) is 2.65.